The molecule has 4 unspecified atom stereocenters. The van der Waals surface area contributed by atoms with Crippen LogP contribution in [0, 0.1) is 17.3 Å². The van der Waals surface area contributed by atoms with E-state index in [9.17, 15) is 4.79 Å². The number of hydrogen-bond acceptors (Lipinski definition) is 2. The van der Waals surface area contributed by atoms with E-state index >= 15 is 0 Å². The summed E-state index contributed by atoms with van der Waals surface area (Å²) in [6.45, 7) is 13.1. The largest absolute Gasteiger partial charge is 0.338 e. The number of amides is 1. The van der Waals surface area contributed by atoms with Crippen molar-refractivity contribution in [2.45, 2.75) is 66.0 Å². The van der Waals surface area contributed by atoms with E-state index in [1.807, 2.05) is 0 Å². The van der Waals surface area contributed by atoms with E-state index in [1.165, 1.54) is 12.8 Å². The molecular weight excluding hydrogens is 236 g/mol. The van der Waals surface area contributed by atoms with E-state index in [0.717, 1.165) is 19.5 Å². The highest BCUT2D eigenvalue weighted by Crippen LogP contribution is 2.34. The molecule has 0 bridgehead atoms. The van der Waals surface area contributed by atoms with Crippen molar-refractivity contribution in [3.05, 3.63) is 0 Å². The normalized spacial score (nSPS) is 39.1. The molecule has 0 aromatic heterocycles. The van der Waals surface area contributed by atoms with Gasteiger partial charge in [-0.05, 0) is 50.0 Å². The Labute approximate surface area is 118 Å². The van der Waals surface area contributed by atoms with Gasteiger partial charge in [-0.15, -0.1) is 0 Å². The zero-order valence-corrected chi connectivity index (χ0v) is 13.2. The fraction of sp³-hybridized carbons (Fsp3) is 0.938. The molecule has 110 valence electrons. The minimum absolute atomic E-state index is 0.00111. The van der Waals surface area contributed by atoms with Crippen molar-refractivity contribution in [2.24, 2.45) is 17.3 Å². The number of nitrogens with zero attached hydrogens (tertiary/aromatic N) is 1. The van der Waals surface area contributed by atoms with Crippen LogP contribution in [0.15, 0.2) is 0 Å². The maximum Gasteiger partial charge on any atom is 0.240 e. The number of nitrogens with one attached hydrogen (secondary N) is 1. The Morgan fingerprint density at radius 1 is 1.26 bits per heavy atom. The summed E-state index contributed by atoms with van der Waals surface area (Å²) in [7, 11) is 0. The first-order valence-electron chi connectivity index (χ1n) is 7.87. The molecule has 1 amide bonds. The number of piperidine rings is 2. The van der Waals surface area contributed by atoms with E-state index < -0.39 is 0 Å². The van der Waals surface area contributed by atoms with Crippen LogP contribution in [0.1, 0.15) is 53.9 Å². The smallest absolute Gasteiger partial charge is 0.240 e. The third-order valence-electron chi connectivity index (χ3n) is 5.26. The highest BCUT2D eigenvalue weighted by molar-refractivity contribution is 5.83. The van der Waals surface area contributed by atoms with E-state index in [1.54, 1.807) is 0 Å². The molecule has 0 spiro atoms. The van der Waals surface area contributed by atoms with Gasteiger partial charge < -0.3 is 10.2 Å². The second kappa shape index (κ2) is 5.43. The number of hydrogen-bond donors (Lipinski definition) is 1. The second-order valence-electron chi connectivity index (χ2n) is 7.53. The molecule has 0 aliphatic carbocycles. The van der Waals surface area contributed by atoms with Crippen molar-refractivity contribution in [3.63, 3.8) is 0 Å². The zero-order chi connectivity index (χ0) is 14.2. The van der Waals surface area contributed by atoms with Crippen LogP contribution in [-0.2, 0) is 4.79 Å². The molecule has 1 N–H and O–H groups in total. The Morgan fingerprint density at radius 3 is 2.58 bits per heavy atom. The van der Waals surface area contributed by atoms with Gasteiger partial charge in [0.2, 0.25) is 5.91 Å². The lowest BCUT2D eigenvalue weighted by Crippen LogP contribution is -2.60. The molecule has 0 aromatic carbocycles. The van der Waals surface area contributed by atoms with Crippen molar-refractivity contribution < 1.29 is 4.79 Å². The van der Waals surface area contributed by atoms with Crippen LogP contribution < -0.4 is 5.32 Å². The molecule has 19 heavy (non-hydrogen) atoms. The molecule has 3 nitrogen and oxygen atoms in total. The van der Waals surface area contributed by atoms with Gasteiger partial charge in [0.15, 0.2) is 0 Å². The Hall–Kier alpha value is -0.570. The summed E-state index contributed by atoms with van der Waals surface area (Å²) in [5, 5.41) is 3.47. The topological polar surface area (TPSA) is 32.3 Å². The number of likely N-dealkylation sites (tertiary alicyclic amines) is 1. The summed E-state index contributed by atoms with van der Waals surface area (Å²) >= 11 is 0. The summed E-state index contributed by atoms with van der Waals surface area (Å²) in [6.07, 6.45) is 3.56. The quantitative estimate of drug-likeness (QED) is 0.791. The maximum atomic E-state index is 12.9. The molecule has 2 heterocycles. The van der Waals surface area contributed by atoms with Crippen molar-refractivity contribution in [1.29, 1.82) is 0 Å². The van der Waals surface area contributed by atoms with Crippen molar-refractivity contribution in [2.75, 3.05) is 13.1 Å². The number of carbonyl (C=O) groups is 1. The minimum Gasteiger partial charge on any atom is -0.338 e. The Kier molecular flexibility index (Phi) is 4.24. The fourth-order valence-corrected chi connectivity index (χ4v) is 3.80. The molecule has 4 atom stereocenters. The average Bonchev–Trinajstić information content (AvgIpc) is 2.32. The monoisotopic (exact) mass is 266 g/mol. The van der Waals surface area contributed by atoms with Gasteiger partial charge >= 0.3 is 0 Å². The molecule has 2 fully saturated rings. The van der Waals surface area contributed by atoms with Gasteiger partial charge in [0.25, 0.3) is 0 Å². The molecule has 0 saturated carbocycles. The van der Waals surface area contributed by atoms with Crippen LogP contribution in [0.25, 0.3) is 0 Å². The lowest BCUT2D eigenvalue weighted by molar-refractivity contribution is -0.143. The van der Waals surface area contributed by atoms with Crippen molar-refractivity contribution in [3.8, 4) is 0 Å². The Balaban J connectivity index is 2.13. The molecule has 0 aromatic rings. The number of rotatable bonds is 1. The van der Waals surface area contributed by atoms with Gasteiger partial charge in [-0.3, -0.25) is 4.79 Å². The molecule has 2 aliphatic heterocycles. The predicted octanol–water partition coefficient (Wildman–Crippen LogP) is 2.66. The summed E-state index contributed by atoms with van der Waals surface area (Å²) in [6, 6.07) is 0.379. The predicted molar refractivity (Wildman–Crippen MR) is 78.9 cm³/mol. The fourth-order valence-electron chi connectivity index (χ4n) is 3.80. The Bertz CT molecular complexity index is 340. The summed E-state index contributed by atoms with van der Waals surface area (Å²) in [4.78, 5) is 15.1. The van der Waals surface area contributed by atoms with E-state index in [4.69, 9.17) is 0 Å². The first-order chi connectivity index (χ1) is 8.83. The molecule has 3 heteroatoms. The zero-order valence-electron chi connectivity index (χ0n) is 13.2. The van der Waals surface area contributed by atoms with Gasteiger partial charge in [-0.2, -0.15) is 0 Å². The molecule has 0 radical (unpaired) electrons. The van der Waals surface area contributed by atoms with Crippen LogP contribution >= 0.6 is 0 Å². The molecule has 2 saturated heterocycles. The molecular formula is C16H30N2O. The standard InChI is InChI=1S/C16H30N2O/c1-11-9-12(2)13(3)18(10-11)15(19)14-16(4,5)7-6-8-17-14/h11-14,17H,6-10H2,1-5H3. The van der Waals surface area contributed by atoms with E-state index in [0.29, 0.717) is 23.8 Å². The number of carbonyl (C=O) groups excluding carboxylic acids is 1. The SMILES string of the molecule is CC1CC(C)C(C)N(C(=O)C2NCCCC2(C)C)C1. The first kappa shape index (κ1) is 14.8. The van der Waals surface area contributed by atoms with Crippen LogP contribution in [-0.4, -0.2) is 36.0 Å². The lowest BCUT2D eigenvalue weighted by Gasteiger charge is -2.46. The van der Waals surface area contributed by atoms with Crippen LogP contribution in [0.3, 0.4) is 0 Å². The minimum atomic E-state index is 0.00111. The van der Waals surface area contributed by atoms with Gasteiger partial charge in [-0.25, -0.2) is 0 Å². The average molecular weight is 266 g/mol. The van der Waals surface area contributed by atoms with Gasteiger partial charge in [0, 0.05) is 12.6 Å². The van der Waals surface area contributed by atoms with Gasteiger partial charge in [0.1, 0.15) is 0 Å². The van der Waals surface area contributed by atoms with Crippen molar-refractivity contribution >= 4 is 5.91 Å². The first-order valence-corrected chi connectivity index (χ1v) is 7.87. The van der Waals surface area contributed by atoms with Crippen LogP contribution in [0.4, 0.5) is 0 Å². The van der Waals surface area contributed by atoms with Crippen molar-refractivity contribution in [1.82, 2.24) is 10.2 Å². The molecule has 2 aliphatic rings. The van der Waals surface area contributed by atoms with E-state index in [-0.39, 0.29) is 11.5 Å². The van der Waals surface area contributed by atoms with Gasteiger partial charge in [0.05, 0.1) is 6.04 Å². The third kappa shape index (κ3) is 2.96. The molecule has 2 rings (SSSR count). The summed E-state index contributed by atoms with van der Waals surface area (Å²) in [5.74, 6) is 1.57. The van der Waals surface area contributed by atoms with Crippen LogP contribution in [0.2, 0.25) is 0 Å². The lowest BCUT2D eigenvalue weighted by atomic mass is 9.76. The summed E-state index contributed by atoms with van der Waals surface area (Å²) < 4.78 is 0. The maximum absolute atomic E-state index is 12.9. The highest BCUT2D eigenvalue weighted by Gasteiger charge is 2.42. The second-order valence-corrected chi connectivity index (χ2v) is 7.53. The third-order valence-corrected chi connectivity index (χ3v) is 5.26. The Morgan fingerprint density at radius 2 is 1.95 bits per heavy atom. The van der Waals surface area contributed by atoms with Gasteiger partial charge in [-0.1, -0.05) is 27.7 Å². The highest BCUT2D eigenvalue weighted by atomic mass is 16.2. The van der Waals surface area contributed by atoms with E-state index in [2.05, 4.69) is 44.8 Å². The van der Waals surface area contributed by atoms with Crippen LogP contribution in [0.5, 0.6) is 0 Å². The summed E-state index contributed by atoms with van der Waals surface area (Å²) in [5.41, 5.74) is 0.0823.